The van der Waals surface area contributed by atoms with E-state index in [9.17, 15) is 9.59 Å². The second-order valence-electron chi connectivity index (χ2n) is 6.33. The molecular weight excluding hydrogens is 426 g/mol. The Bertz CT molecular complexity index is 887. The molecule has 7 heteroatoms. The minimum Gasteiger partial charge on any atom is -0.245 e. The van der Waals surface area contributed by atoms with Crippen LogP contribution in [0.1, 0.15) is 12.1 Å². The van der Waals surface area contributed by atoms with Crippen LogP contribution in [-0.2, 0) is 0 Å². The molecule has 2 aliphatic carbocycles. The van der Waals surface area contributed by atoms with Crippen LogP contribution in [0.15, 0.2) is 52.1 Å². The maximum atomic E-state index is 12.9. The smallest absolute Gasteiger partial charge is 0.245 e. The highest BCUT2D eigenvalue weighted by molar-refractivity contribution is 9.12. The van der Waals surface area contributed by atoms with Gasteiger partial charge in [0.25, 0.3) is 0 Å². The lowest BCUT2D eigenvalue weighted by molar-refractivity contribution is 0.0346. The number of hydrogen-bond acceptors (Lipinski definition) is 2. The number of para-hydroxylation sites is 1. The largest absolute Gasteiger partial charge is 0.352 e. The van der Waals surface area contributed by atoms with Crippen LogP contribution >= 0.6 is 31.9 Å². The molecule has 0 unspecified atom stereocenters. The van der Waals surface area contributed by atoms with Gasteiger partial charge in [0.1, 0.15) is 0 Å². The highest BCUT2D eigenvalue weighted by Crippen LogP contribution is 2.59. The van der Waals surface area contributed by atoms with Crippen molar-refractivity contribution in [3.8, 4) is 5.69 Å². The number of hydrogen-bond donors (Lipinski definition) is 0. The van der Waals surface area contributed by atoms with Gasteiger partial charge in [-0.1, -0.05) is 62.2 Å². The molecule has 0 amide bonds. The predicted molar refractivity (Wildman–Crippen MR) is 93.9 cm³/mol. The number of alkyl halides is 2. The maximum absolute atomic E-state index is 12.9. The summed E-state index contributed by atoms with van der Waals surface area (Å²) >= 11 is 7.45. The van der Waals surface area contributed by atoms with Gasteiger partial charge in [-0.25, -0.2) is 23.5 Å². The first kappa shape index (κ1) is 14.0. The SMILES string of the molecule is O=c1n(-c2ccccc2)c(=O)n2n1[C@@H]1C=C[C@@H]2[C@H]2[C@@H](Br)[C@@H](Br)[C@@H]21. The van der Waals surface area contributed by atoms with Gasteiger partial charge >= 0.3 is 11.4 Å². The number of nitrogens with zero attached hydrogens (tertiary/aromatic N) is 3. The minimum absolute atomic E-state index is 0.0617. The molecule has 6 atom stereocenters. The molecule has 0 saturated heterocycles. The molecule has 5 nitrogen and oxygen atoms in total. The summed E-state index contributed by atoms with van der Waals surface area (Å²) in [5.74, 6) is 0.691. The van der Waals surface area contributed by atoms with Crippen molar-refractivity contribution in [2.45, 2.75) is 21.7 Å². The molecule has 1 saturated carbocycles. The molecule has 2 bridgehead atoms. The summed E-state index contributed by atoms with van der Waals surface area (Å²) in [4.78, 5) is 26.5. The van der Waals surface area contributed by atoms with Crippen molar-refractivity contribution in [2.24, 2.45) is 11.8 Å². The lowest BCUT2D eigenvalue weighted by Crippen LogP contribution is -2.63. The van der Waals surface area contributed by atoms with Crippen molar-refractivity contribution in [3.05, 3.63) is 63.5 Å². The average molecular weight is 439 g/mol. The molecule has 6 rings (SSSR count). The Hall–Kier alpha value is -1.34. The van der Waals surface area contributed by atoms with E-state index in [1.54, 1.807) is 21.5 Å². The first-order valence-electron chi connectivity index (χ1n) is 7.59. The van der Waals surface area contributed by atoms with Crippen LogP contribution < -0.4 is 11.4 Å². The highest BCUT2D eigenvalue weighted by atomic mass is 79.9. The second kappa shape index (κ2) is 4.60. The Labute approximate surface area is 148 Å². The standard InChI is InChI=1S/C16H13Br2N3O2/c17-13-11-9-6-7-10(12(11)14(13)18)21-16(23)19(15(22)20(9)21)8-4-2-1-3-5-8/h1-7,9-14H/t9-,10-,11-,12-,13-,14+/m1/s1. The Morgan fingerprint density at radius 3 is 1.74 bits per heavy atom. The van der Waals surface area contributed by atoms with E-state index in [1.807, 2.05) is 18.2 Å². The number of allylic oxidation sites excluding steroid dienone is 2. The van der Waals surface area contributed by atoms with Crippen LogP contribution in [0.5, 0.6) is 0 Å². The summed E-state index contributed by atoms with van der Waals surface area (Å²) in [5, 5.41) is 0. The van der Waals surface area contributed by atoms with Crippen LogP contribution in [0.2, 0.25) is 0 Å². The third-order valence-corrected chi connectivity index (χ3v) is 8.43. The number of aromatic nitrogens is 3. The molecule has 4 aliphatic rings. The van der Waals surface area contributed by atoms with Gasteiger partial charge in [0.15, 0.2) is 0 Å². The summed E-state index contributed by atoms with van der Waals surface area (Å²) in [6, 6.07) is 9.00. The molecule has 3 heterocycles. The summed E-state index contributed by atoms with van der Waals surface area (Å²) < 4.78 is 4.58. The summed E-state index contributed by atoms with van der Waals surface area (Å²) in [6.45, 7) is 0. The van der Waals surface area contributed by atoms with E-state index in [0.717, 1.165) is 0 Å². The monoisotopic (exact) mass is 437 g/mol. The Kier molecular flexibility index (Phi) is 2.81. The van der Waals surface area contributed by atoms with E-state index in [2.05, 4.69) is 44.0 Å². The lowest BCUT2D eigenvalue weighted by Gasteiger charge is -2.57. The Morgan fingerprint density at radius 2 is 1.26 bits per heavy atom. The fourth-order valence-electron chi connectivity index (χ4n) is 4.32. The first-order chi connectivity index (χ1) is 11.1. The van der Waals surface area contributed by atoms with Crippen LogP contribution in [-0.4, -0.2) is 23.6 Å². The van der Waals surface area contributed by atoms with Crippen LogP contribution in [0.25, 0.3) is 5.69 Å². The number of benzene rings is 1. The molecule has 23 heavy (non-hydrogen) atoms. The first-order valence-corrected chi connectivity index (χ1v) is 9.42. The molecule has 1 aromatic heterocycles. The van der Waals surface area contributed by atoms with Crippen LogP contribution in [0.4, 0.5) is 0 Å². The van der Waals surface area contributed by atoms with Gasteiger partial charge in [0.2, 0.25) is 0 Å². The summed E-state index contributed by atoms with van der Waals surface area (Å²) in [7, 11) is 0. The third-order valence-electron chi connectivity index (χ3n) is 5.36. The van der Waals surface area contributed by atoms with E-state index >= 15 is 0 Å². The molecule has 1 aromatic carbocycles. The average Bonchev–Trinajstić information content (AvgIpc) is 2.87. The molecule has 2 aromatic rings. The zero-order chi connectivity index (χ0) is 15.9. The van der Waals surface area contributed by atoms with Crippen molar-refractivity contribution in [1.29, 1.82) is 0 Å². The molecule has 0 radical (unpaired) electrons. The normalized spacial score (nSPS) is 36.4. The van der Waals surface area contributed by atoms with E-state index in [1.165, 1.54) is 4.57 Å². The molecule has 118 valence electrons. The Morgan fingerprint density at radius 1 is 0.783 bits per heavy atom. The van der Waals surface area contributed by atoms with Gasteiger partial charge in [-0.2, -0.15) is 0 Å². The summed E-state index contributed by atoms with van der Waals surface area (Å²) in [5.41, 5.74) is 0.114. The predicted octanol–water partition coefficient (Wildman–Crippen LogP) is 2.24. The van der Waals surface area contributed by atoms with Crippen LogP contribution in [0.3, 0.4) is 0 Å². The number of halogens is 2. The van der Waals surface area contributed by atoms with Gasteiger partial charge in [-0.15, -0.1) is 0 Å². The molecule has 0 spiro atoms. The Balaban J connectivity index is 1.78. The van der Waals surface area contributed by atoms with Crippen molar-refractivity contribution in [2.75, 3.05) is 0 Å². The van der Waals surface area contributed by atoms with Gasteiger partial charge in [-0.05, 0) is 12.1 Å². The minimum atomic E-state index is -0.253. The zero-order valence-electron chi connectivity index (χ0n) is 11.9. The van der Waals surface area contributed by atoms with Crippen molar-refractivity contribution in [1.82, 2.24) is 13.9 Å². The van der Waals surface area contributed by atoms with E-state index < -0.39 is 0 Å². The molecule has 2 aliphatic heterocycles. The van der Waals surface area contributed by atoms with Crippen molar-refractivity contribution < 1.29 is 0 Å². The van der Waals surface area contributed by atoms with E-state index in [-0.39, 0.29) is 23.5 Å². The van der Waals surface area contributed by atoms with Gasteiger partial charge in [0.05, 0.1) is 17.8 Å². The summed E-state index contributed by atoms with van der Waals surface area (Å²) in [6.07, 6.45) is 4.16. The van der Waals surface area contributed by atoms with E-state index in [0.29, 0.717) is 27.2 Å². The quantitative estimate of drug-likeness (QED) is 0.506. The second-order valence-corrected chi connectivity index (χ2v) is 8.45. The van der Waals surface area contributed by atoms with Gasteiger partial charge in [0, 0.05) is 21.5 Å². The van der Waals surface area contributed by atoms with Gasteiger partial charge in [-0.3, -0.25) is 0 Å². The fourth-order valence-corrected chi connectivity index (χ4v) is 6.36. The van der Waals surface area contributed by atoms with Gasteiger partial charge < -0.3 is 0 Å². The molecular formula is C16H13Br2N3O2. The van der Waals surface area contributed by atoms with Crippen LogP contribution in [0, 0.1) is 11.8 Å². The highest BCUT2D eigenvalue weighted by Gasteiger charge is 2.60. The van der Waals surface area contributed by atoms with E-state index in [4.69, 9.17) is 0 Å². The zero-order valence-corrected chi connectivity index (χ0v) is 15.1. The molecule has 1 fully saturated rings. The fraction of sp³-hybridized carbons (Fsp3) is 0.375. The third kappa shape index (κ3) is 1.57. The van der Waals surface area contributed by atoms with Crippen molar-refractivity contribution in [3.63, 3.8) is 0 Å². The maximum Gasteiger partial charge on any atom is 0.352 e. The lowest BCUT2D eigenvalue weighted by atomic mass is 9.62. The topological polar surface area (TPSA) is 48.9 Å². The van der Waals surface area contributed by atoms with Crippen molar-refractivity contribution >= 4 is 31.9 Å². The number of rotatable bonds is 1. The molecule has 0 N–H and O–H groups in total.